The molecule has 0 aliphatic heterocycles. The van der Waals surface area contributed by atoms with E-state index in [1.54, 1.807) is 11.1 Å². The Morgan fingerprint density at radius 3 is 2.20 bits per heavy atom. The highest BCUT2D eigenvalue weighted by atomic mass is 14.3. The highest BCUT2D eigenvalue weighted by molar-refractivity contribution is 5.23. The van der Waals surface area contributed by atoms with Crippen molar-refractivity contribution in [1.29, 1.82) is 0 Å². The fraction of sp³-hybridized carbons (Fsp3) is 0.800. The number of allylic oxidation sites excluding steroid dienone is 2. The van der Waals surface area contributed by atoms with Crippen LogP contribution in [-0.2, 0) is 0 Å². The molecule has 0 heterocycles. The lowest BCUT2D eigenvalue weighted by molar-refractivity contribution is 0.379. The summed E-state index contributed by atoms with van der Waals surface area (Å²) < 4.78 is 0. The molecule has 1 aliphatic carbocycles. The summed E-state index contributed by atoms with van der Waals surface area (Å²) >= 11 is 0. The van der Waals surface area contributed by atoms with Gasteiger partial charge in [0, 0.05) is 0 Å². The van der Waals surface area contributed by atoms with Crippen molar-refractivity contribution in [1.82, 2.24) is 0 Å². The fourth-order valence-corrected chi connectivity index (χ4v) is 1.80. The van der Waals surface area contributed by atoms with E-state index in [1.165, 1.54) is 19.3 Å². The lowest BCUT2D eigenvalue weighted by Gasteiger charge is -2.23. The van der Waals surface area contributed by atoms with E-state index in [1.807, 2.05) is 0 Å². The first-order valence-corrected chi connectivity index (χ1v) is 4.27. The molecule has 0 saturated heterocycles. The molecule has 0 aromatic carbocycles. The van der Waals surface area contributed by atoms with Crippen LogP contribution in [0.3, 0.4) is 0 Å². The van der Waals surface area contributed by atoms with Crippen LogP contribution in [0.15, 0.2) is 11.1 Å². The number of hydrogen-bond acceptors (Lipinski definition) is 0. The van der Waals surface area contributed by atoms with Crippen molar-refractivity contribution >= 4 is 0 Å². The van der Waals surface area contributed by atoms with Crippen molar-refractivity contribution in [3.8, 4) is 0 Å². The van der Waals surface area contributed by atoms with E-state index >= 15 is 0 Å². The van der Waals surface area contributed by atoms with Gasteiger partial charge in [-0.25, -0.2) is 0 Å². The van der Waals surface area contributed by atoms with Crippen molar-refractivity contribution < 1.29 is 0 Å². The van der Waals surface area contributed by atoms with Crippen LogP contribution < -0.4 is 0 Å². The molecular formula is C10H18. The van der Waals surface area contributed by atoms with Crippen LogP contribution in [0.5, 0.6) is 0 Å². The van der Waals surface area contributed by atoms with Gasteiger partial charge in [0.2, 0.25) is 0 Å². The average Bonchev–Trinajstić information content (AvgIpc) is 2.19. The summed E-state index contributed by atoms with van der Waals surface area (Å²) in [6.07, 6.45) is 4.01. The molecule has 1 atom stereocenters. The summed E-state index contributed by atoms with van der Waals surface area (Å²) in [6, 6.07) is 0. The molecule has 0 aromatic rings. The summed E-state index contributed by atoms with van der Waals surface area (Å²) in [5, 5.41) is 0. The molecule has 0 radical (unpaired) electrons. The molecule has 10 heavy (non-hydrogen) atoms. The van der Waals surface area contributed by atoms with Crippen molar-refractivity contribution in [2.75, 3.05) is 0 Å². The maximum Gasteiger partial charge on any atom is -0.0116 e. The highest BCUT2D eigenvalue weighted by Gasteiger charge is 2.29. The van der Waals surface area contributed by atoms with Crippen LogP contribution in [0.2, 0.25) is 0 Å². The Balaban J connectivity index is 2.85. The molecule has 0 N–H and O–H groups in total. The van der Waals surface area contributed by atoms with Gasteiger partial charge >= 0.3 is 0 Å². The summed E-state index contributed by atoms with van der Waals surface area (Å²) in [5.41, 5.74) is 3.82. The van der Waals surface area contributed by atoms with Crippen LogP contribution in [0, 0.1) is 5.41 Å². The zero-order valence-electron chi connectivity index (χ0n) is 7.62. The molecule has 1 rings (SSSR count). The second-order valence-electron chi connectivity index (χ2n) is 3.82. The summed E-state index contributed by atoms with van der Waals surface area (Å²) in [5.74, 6) is 0. The lowest BCUT2D eigenvalue weighted by atomic mass is 9.81. The van der Waals surface area contributed by atoms with Crippen molar-refractivity contribution in [2.24, 2.45) is 5.41 Å². The van der Waals surface area contributed by atoms with E-state index in [9.17, 15) is 0 Å². The van der Waals surface area contributed by atoms with E-state index in [0.29, 0.717) is 5.41 Å². The third-order valence-electron chi connectivity index (χ3n) is 3.38. The topological polar surface area (TPSA) is 0 Å². The van der Waals surface area contributed by atoms with Gasteiger partial charge in [-0.3, -0.25) is 0 Å². The normalized spacial score (nSPS) is 33.6. The fourth-order valence-electron chi connectivity index (χ4n) is 1.80. The van der Waals surface area contributed by atoms with Gasteiger partial charge in [0.15, 0.2) is 0 Å². The van der Waals surface area contributed by atoms with Gasteiger partial charge < -0.3 is 0 Å². The van der Waals surface area contributed by atoms with Crippen LogP contribution in [-0.4, -0.2) is 0 Å². The monoisotopic (exact) mass is 138 g/mol. The maximum atomic E-state index is 2.39. The first-order chi connectivity index (χ1) is 4.60. The van der Waals surface area contributed by atoms with E-state index in [0.717, 1.165) is 0 Å². The van der Waals surface area contributed by atoms with Crippen LogP contribution >= 0.6 is 0 Å². The minimum absolute atomic E-state index is 0.546. The summed E-state index contributed by atoms with van der Waals surface area (Å²) in [4.78, 5) is 0. The van der Waals surface area contributed by atoms with Gasteiger partial charge in [-0.2, -0.15) is 0 Å². The van der Waals surface area contributed by atoms with E-state index in [4.69, 9.17) is 0 Å². The molecule has 1 aliphatic rings. The molecule has 0 spiro atoms. The predicted octanol–water partition coefficient (Wildman–Crippen LogP) is 3.53. The highest BCUT2D eigenvalue weighted by Crippen LogP contribution is 2.44. The van der Waals surface area contributed by atoms with Crippen LogP contribution in [0.1, 0.15) is 47.0 Å². The standard InChI is InChI=1S/C10H18/c1-5-10(4)7-6-8(2)9(10)3/h5-7H2,1-4H3. The molecule has 0 saturated carbocycles. The molecule has 1 unspecified atom stereocenters. The van der Waals surface area contributed by atoms with Crippen molar-refractivity contribution in [3.63, 3.8) is 0 Å². The summed E-state index contributed by atoms with van der Waals surface area (Å²) in [7, 11) is 0. The SMILES string of the molecule is CCC1(C)CCC(C)=C1C. The second kappa shape index (κ2) is 2.41. The smallest absolute Gasteiger partial charge is 0.0116 e. The maximum absolute atomic E-state index is 2.39. The molecule has 0 bridgehead atoms. The van der Waals surface area contributed by atoms with Gasteiger partial charge in [0.25, 0.3) is 0 Å². The first kappa shape index (κ1) is 7.84. The van der Waals surface area contributed by atoms with Crippen LogP contribution in [0.4, 0.5) is 0 Å². The molecule has 0 amide bonds. The zero-order chi connectivity index (χ0) is 7.78. The van der Waals surface area contributed by atoms with Gasteiger partial charge in [0.05, 0.1) is 0 Å². The van der Waals surface area contributed by atoms with E-state index < -0.39 is 0 Å². The Hall–Kier alpha value is -0.260. The largest absolute Gasteiger partial charge is 0.0738 e. The zero-order valence-corrected chi connectivity index (χ0v) is 7.62. The molecule has 0 fully saturated rings. The van der Waals surface area contributed by atoms with Crippen LogP contribution in [0.25, 0.3) is 0 Å². The first-order valence-electron chi connectivity index (χ1n) is 4.27. The molecule has 0 nitrogen and oxygen atoms in total. The van der Waals surface area contributed by atoms with Gasteiger partial charge in [-0.1, -0.05) is 25.0 Å². The molecule has 58 valence electrons. The Morgan fingerprint density at radius 1 is 1.40 bits per heavy atom. The third-order valence-corrected chi connectivity index (χ3v) is 3.38. The summed E-state index contributed by atoms with van der Waals surface area (Å²) in [6.45, 7) is 9.25. The Bertz CT molecular complexity index is 165. The third kappa shape index (κ3) is 1.00. The number of rotatable bonds is 1. The van der Waals surface area contributed by atoms with Crippen molar-refractivity contribution in [3.05, 3.63) is 11.1 Å². The minimum atomic E-state index is 0.546. The second-order valence-corrected chi connectivity index (χ2v) is 3.82. The molecule has 0 aromatic heterocycles. The van der Waals surface area contributed by atoms with Crippen molar-refractivity contribution in [2.45, 2.75) is 47.0 Å². The Morgan fingerprint density at radius 2 is 2.00 bits per heavy atom. The molecular weight excluding hydrogens is 120 g/mol. The molecule has 0 heteroatoms. The number of hydrogen-bond donors (Lipinski definition) is 0. The minimum Gasteiger partial charge on any atom is -0.0738 e. The predicted molar refractivity (Wildman–Crippen MR) is 46.0 cm³/mol. The van der Waals surface area contributed by atoms with Gasteiger partial charge in [-0.05, 0) is 38.5 Å². The Kier molecular flexibility index (Phi) is 1.89. The average molecular weight is 138 g/mol. The van der Waals surface area contributed by atoms with Gasteiger partial charge in [-0.15, -0.1) is 0 Å². The van der Waals surface area contributed by atoms with E-state index in [-0.39, 0.29) is 0 Å². The Labute approximate surface area is 64.3 Å². The quantitative estimate of drug-likeness (QED) is 0.486. The lowest BCUT2D eigenvalue weighted by Crippen LogP contribution is -2.11. The van der Waals surface area contributed by atoms with E-state index in [2.05, 4.69) is 27.7 Å². The van der Waals surface area contributed by atoms with Gasteiger partial charge in [0.1, 0.15) is 0 Å².